The van der Waals surface area contributed by atoms with Crippen molar-refractivity contribution in [2.24, 2.45) is 0 Å². The fourth-order valence-electron chi connectivity index (χ4n) is 1.50. The molecule has 12 heavy (non-hydrogen) atoms. The van der Waals surface area contributed by atoms with Crippen LogP contribution in [0.2, 0.25) is 0 Å². The summed E-state index contributed by atoms with van der Waals surface area (Å²) in [5.74, 6) is 0.507. The molecular weight excluding hydrogens is 155 g/mol. The van der Waals surface area contributed by atoms with Crippen LogP contribution in [0.1, 0.15) is 18.9 Å². The molecule has 1 aromatic rings. The van der Waals surface area contributed by atoms with Crippen LogP contribution in [0.3, 0.4) is 0 Å². The fourth-order valence-corrected chi connectivity index (χ4v) is 1.50. The smallest absolute Gasteiger partial charge is 0.126 e. The summed E-state index contributed by atoms with van der Waals surface area (Å²) in [7, 11) is 0. The molecule has 1 aliphatic rings. The van der Waals surface area contributed by atoms with E-state index in [0.29, 0.717) is 0 Å². The lowest BCUT2D eigenvalue weighted by molar-refractivity contribution is 0.227. The molecule has 0 fully saturated rings. The predicted molar refractivity (Wildman–Crippen MR) is 44.8 cm³/mol. The van der Waals surface area contributed by atoms with E-state index >= 15 is 0 Å². The maximum Gasteiger partial charge on any atom is 0.126 e. The molecule has 0 aromatic heterocycles. The van der Waals surface area contributed by atoms with Gasteiger partial charge in [0.2, 0.25) is 0 Å². The van der Waals surface area contributed by atoms with E-state index in [9.17, 15) is 4.39 Å². The van der Waals surface area contributed by atoms with E-state index in [1.807, 2.05) is 0 Å². The number of halogens is 1. The van der Waals surface area contributed by atoms with Crippen LogP contribution >= 0.6 is 0 Å². The minimum Gasteiger partial charge on any atom is -0.490 e. The number of fused-ring (bicyclic) bond motifs is 1. The highest BCUT2D eigenvalue weighted by Crippen LogP contribution is 2.30. The number of benzene rings is 1. The second kappa shape index (κ2) is 2.77. The first-order valence-electron chi connectivity index (χ1n) is 4.24. The Labute approximate surface area is 71.2 Å². The average Bonchev–Trinajstić information content (AvgIpc) is 2.46. The van der Waals surface area contributed by atoms with Crippen LogP contribution in [0.25, 0.3) is 0 Å². The molecule has 0 aliphatic carbocycles. The maximum atomic E-state index is 12.7. The largest absolute Gasteiger partial charge is 0.490 e. The second-order valence-electron chi connectivity index (χ2n) is 3.10. The van der Waals surface area contributed by atoms with Crippen molar-refractivity contribution in [2.75, 3.05) is 0 Å². The summed E-state index contributed by atoms with van der Waals surface area (Å²) in [6, 6.07) is 4.76. The molecule has 2 heteroatoms. The summed E-state index contributed by atoms with van der Waals surface area (Å²) in [5, 5.41) is 0. The molecule has 1 heterocycles. The van der Waals surface area contributed by atoms with Gasteiger partial charge in [-0.1, -0.05) is 13.0 Å². The van der Waals surface area contributed by atoms with E-state index in [0.717, 1.165) is 24.2 Å². The standard InChI is InChI=1S/C10H11FO/c1-2-9-5-7-3-4-8(11)6-10(7)12-9/h3-4,6,9H,2,5H2,1H3. The zero-order valence-corrected chi connectivity index (χ0v) is 7.01. The third-order valence-corrected chi connectivity index (χ3v) is 2.23. The second-order valence-corrected chi connectivity index (χ2v) is 3.10. The van der Waals surface area contributed by atoms with Gasteiger partial charge < -0.3 is 4.74 Å². The van der Waals surface area contributed by atoms with Crippen molar-refractivity contribution in [2.45, 2.75) is 25.9 Å². The molecule has 0 saturated heterocycles. The Morgan fingerprint density at radius 2 is 2.42 bits per heavy atom. The van der Waals surface area contributed by atoms with Crippen LogP contribution in [0, 0.1) is 5.82 Å². The van der Waals surface area contributed by atoms with Gasteiger partial charge in [0, 0.05) is 12.5 Å². The third kappa shape index (κ3) is 1.17. The van der Waals surface area contributed by atoms with Crippen molar-refractivity contribution < 1.29 is 9.13 Å². The lowest BCUT2D eigenvalue weighted by atomic mass is 10.1. The van der Waals surface area contributed by atoms with Gasteiger partial charge in [-0.05, 0) is 18.1 Å². The number of rotatable bonds is 1. The third-order valence-electron chi connectivity index (χ3n) is 2.23. The van der Waals surface area contributed by atoms with Crippen molar-refractivity contribution in [3.63, 3.8) is 0 Å². The van der Waals surface area contributed by atoms with E-state index in [2.05, 4.69) is 6.92 Å². The molecule has 64 valence electrons. The Balaban J connectivity index is 2.30. The predicted octanol–water partition coefficient (Wildman–Crippen LogP) is 2.54. The molecule has 2 rings (SSSR count). The SMILES string of the molecule is CCC1Cc2ccc(F)cc2O1. The lowest BCUT2D eigenvalue weighted by Crippen LogP contribution is -2.10. The summed E-state index contributed by atoms with van der Waals surface area (Å²) >= 11 is 0. The van der Waals surface area contributed by atoms with Gasteiger partial charge in [0.15, 0.2) is 0 Å². The molecular formula is C10H11FO. The number of ether oxygens (including phenoxy) is 1. The zero-order chi connectivity index (χ0) is 8.55. The Morgan fingerprint density at radius 3 is 3.17 bits per heavy atom. The highest BCUT2D eigenvalue weighted by Gasteiger charge is 2.20. The van der Waals surface area contributed by atoms with Crippen LogP contribution in [-0.2, 0) is 6.42 Å². The Kier molecular flexibility index (Phi) is 1.75. The van der Waals surface area contributed by atoms with Gasteiger partial charge in [-0.25, -0.2) is 4.39 Å². The zero-order valence-electron chi connectivity index (χ0n) is 7.01. The van der Waals surface area contributed by atoms with Gasteiger partial charge in [0.1, 0.15) is 17.7 Å². The van der Waals surface area contributed by atoms with Crippen molar-refractivity contribution in [3.8, 4) is 5.75 Å². The number of hydrogen-bond acceptors (Lipinski definition) is 1. The van der Waals surface area contributed by atoms with Crippen molar-refractivity contribution in [1.82, 2.24) is 0 Å². The van der Waals surface area contributed by atoms with Crippen LogP contribution in [0.5, 0.6) is 5.75 Å². The highest BCUT2D eigenvalue weighted by atomic mass is 19.1. The molecule has 1 aliphatic heterocycles. The minimum atomic E-state index is -0.217. The van der Waals surface area contributed by atoms with Gasteiger partial charge in [0.25, 0.3) is 0 Å². The summed E-state index contributed by atoms with van der Waals surface area (Å²) in [5.41, 5.74) is 1.13. The lowest BCUT2D eigenvalue weighted by Gasteiger charge is -2.05. The highest BCUT2D eigenvalue weighted by molar-refractivity contribution is 5.37. The quantitative estimate of drug-likeness (QED) is 0.623. The maximum absolute atomic E-state index is 12.7. The van der Waals surface area contributed by atoms with Gasteiger partial charge in [-0.2, -0.15) is 0 Å². The normalized spacial score (nSPS) is 20.3. The van der Waals surface area contributed by atoms with E-state index in [4.69, 9.17) is 4.74 Å². The molecule has 1 unspecified atom stereocenters. The summed E-state index contributed by atoms with van der Waals surface area (Å²) in [6.07, 6.45) is 2.16. The molecule has 0 bridgehead atoms. The molecule has 1 nitrogen and oxygen atoms in total. The van der Waals surface area contributed by atoms with Crippen molar-refractivity contribution in [1.29, 1.82) is 0 Å². The summed E-state index contributed by atoms with van der Waals surface area (Å²) in [6.45, 7) is 2.08. The first kappa shape index (κ1) is 7.59. The fraction of sp³-hybridized carbons (Fsp3) is 0.400. The Morgan fingerprint density at radius 1 is 1.58 bits per heavy atom. The first-order chi connectivity index (χ1) is 5.79. The molecule has 0 spiro atoms. The van der Waals surface area contributed by atoms with Crippen LogP contribution < -0.4 is 4.74 Å². The van der Waals surface area contributed by atoms with E-state index in [1.165, 1.54) is 12.1 Å². The van der Waals surface area contributed by atoms with E-state index < -0.39 is 0 Å². The van der Waals surface area contributed by atoms with Crippen LogP contribution in [0.15, 0.2) is 18.2 Å². The average molecular weight is 166 g/mol. The Hall–Kier alpha value is -1.05. The van der Waals surface area contributed by atoms with Crippen LogP contribution in [-0.4, -0.2) is 6.10 Å². The monoisotopic (exact) mass is 166 g/mol. The molecule has 0 amide bonds. The Bertz CT molecular complexity index is 296. The topological polar surface area (TPSA) is 9.23 Å². The molecule has 0 N–H and O–H groups in total. The summed E-state index contributed by atoms with van der Waals surface area (Å²) in [4.78, 5) is 0. The molecule has 1 atom stereocenters. The number of hydrogen-bond donors (Lipinski definition) is 0. The molecule has 0 radical (unpaired) electrons. The molecule has 1 aromatic carbocycles. The van der Waals surface area contributed by atoms with Gasteiger partial charge in [0.05, 0.1) is 0 Å². The van der Waals surface area contributed by atoms with Gasteiger partial charge in [-0.15, -0.1) is 0 Å². The van der Waals surface area contributed by atoms with Crippen molar-refractivity contribution >= 4 is 0 Å². The minimum absolute atomic E-state index is 0.217. The van der Waals surface area contributed by atoms with E-state index in [1.54, 1.807) is 6.07 Å². The summed E-state index contributed by atoms with van der Waals surface area (Å²) < 4.78 is 18.2. The van der Waals surface area contributed by atoms with Gasteiger partial charge in [-0.3, -0.25) is 0 Å². The van der Waals surface area contributed by atoms with E-state index in [-0.39, 0.29) is 11.9 Å². The first-order valence-corrected chi connectivity index (χ1v) is 4.24. The van der Waals surface area contributed by atoms with Crippen molar-refractivity contribution in [3.05, 3.63) is 29.6 Å². The van der Waals surface area contributed by atoms with Gasteiger partial charge >= 0.3 is 0 Å². The van der Waals surface area contributed by atoms with Crippen LogP contribution in [0.4, 0.5) is 4.39 Å². The molecule has 0 saturated carbocycles.